The third kappa shape index (κ3) is 2.41. The number of nitrogens with zero attached hydrogens (tertiary/aromatic N) is 2. The second-order valence-electron chi connectivity index (χ2n) is 6.47. The maximum absolute atomic E-state index is 12.9. The van der Waals surface area contributed by atoms with Gasteiger partial charge in [0.2, 0.25) is 11.5 Å². The number of ether oxygens (including phenoxy) is 2. The summed E-state index contributed by atoms with van der Waals surface area (Å²) in [5, 5.41) is 3.10. The molecule has 0 bridgehead atoms. The molecule has 0 radical (unpaired) electrons. The summed E-state index contributed by atoms with van der Waals surface area (Å²) in [6.07, 6.45) is 1.35. The molecule has 1 aromatic rings. The number of carbonyl (C=O) groups excluding carboxylic acids is 2. The fourth-order valence-corrected chi connectivity index (χ4v) is 2.60. The van der Waals surface area contributed by atoms with Crippen molar-refractivity contribution < 1.29 is 19.1 Å². The number of rotatable bonds is 0. The number of fused-ring (bicyclic) bond motifs is 1. The van der Waals surface area contributed by atoms with Gasteiger partial charge in [-0.2, -0.15) is 0 Å². The Kier molecular flexibility index (Phi) is 3.32. The minimum Gasteiger partial charge on any atom is -0.458 e. The van der Waals surface area contributed by atoms with Crippen molar-refractivity contribution in [3.05, 3.63) is 18.3 Å². The average Bonchev–Trinajstić information content (AvgIpc) is 2.87. The van der Waals surface area contributed by atoms with E-state index < -0.39 is 23.2 Å². The number of amides is 2. The van der Waals surface area contributed by atoms with E-state index in [0.717, 1.165) is 4.90 Å². The van der Waals surface area contributed by atoms with Crippen LogP contribution in [0.5, 0.6) is 5.88 Å². The monoisotopic (exact) mass is 305 g/mol. The minimum absolute atomic E-state index is 0.275. The van der Waals surface area contributed by atoms with E-state index in [-0.39, 0.29) is 5.88 Å². The van der Waals surface area contributed by atoms with Crippen molar-refractivity contribution >= 4 is 17.7 Å². The van der Waals surface area contributed by atoms with Gasteiger partial charge in [0.25, 0.3) is 5.91 Å². The predicted molar refractivity (Wildman–Crippen MR) is 78.8 cm³/mol. The van der Waals surface area contributed by atoms with Gasteiger partial charge in [-0.25, -0.2) is 14.7 Å². The molecule has 2 aliphatic rings. The maximum atomic E-state index is 12.9. The average molecular weight is 305 g/mol. The molecule has 1 fully saturated rings. The number of anilines is 1. The maximum Gasteiger partial charge on any atom is 0.422 e. The minimum atomic E-state index is -1.09. The first-order valence-electron chi connectivity index (χ1n) is 7.25. The summed E-state index contributed by atoms with van der Waals surface area (Å²) in [5.41, 5.74) is -1.46. The lowest BCUT2D eigenvalue weighted by Gasteiger charge is -2.38. The first-order chi connectivity index (χ1) is 10.3. The number of nitrogens with one attached hydrogen (secondary N) is 1. The lowest BCUT2D eigenvalue weighted by atomic mass is 9.99. The van der Waals surface area contributed by atoms with Crippen LogP contribution >= 0.6 is 0 Å². The van der Waals surface area contributed by atoms with Crippen LogP contribution in [0.4, 0.5) is 10.5 Å². The lowest BCUT2D eigenvalue weighted by molar-refractivity contribution is -0.133. The Morgan fingerprint density at radius 2 is 2.27 bits per heavy atom. The summed E-state index contributed by atoms with van der Waals surface area (Å²) >= 11 is 0. The Morgan fingerprint density at radius 3 is 2.91 bits per heavy atom. The third-order valence-electron chi connectivity index (χ3n) is 3.57. The van der Waals surface area contributed by atoms with Gasteiger partial charge in [-0.3, -0.25) is 4.79 Å². The quantitative estimate of drug-likeness (QED) is 0.782. The van der Waals surface area contributed by atoms with E-state index in [1.807, 2.05) is 0 Å². The number of hydrogen-bond acceptors (Lipinski definition) is 6. The van der Waals surface area contributed by atoms with Crippen molar-refractivity contribution in [2.45, 2.75) is 38.4 Å². The molecule has 22 heavy (non-hydrogen) atoms. The van der Waals surface area contributed by atoms with Crippen molar-refractivity contribution in [2.75, 3.05) is 18.0 Å². The van der Waals surface area contributed by atoms with Crippen molar-refractivity contribution in [3.8, 4) is 5.88 Å². The van der Waals surface area contributed by atoms with Crippen molar-refractivity contribution in [1.82, 2.24) is 10.3 Å². The zero-order chi connectivity index (χ0) is 16.0. The molecule has 1 spiro atoms. The van der Waals surface area contributed by atoms with E-state index in [1.165, 1.54) is 0 Å². The molecule has 0 aliphatic carbocycles. The Labute approximate surface area is 128 Å². The van der Waals surface area contributed by atoms with Crippen LogP contribution in [0.25, 0.3) is 0 Å². The fraction of sp³-hybridized carbons (Fsp3) is 0.533. The molecule has 7 nitrogen and oxygen atoms in total. The first kappa shape index (κ1) is 14.8. The Bertz CT molecular complexity index is 617. The van der Waals surface area contributed by atoms with Crippen molar-refractivity contribution in [2.24, 2.45) is 0 Å². The van der Waals surface area contributed by atoms with Crippen LogP contribution in [0.3, 0.4) is 0 Å². The van der Waals surface area contributed by atoms with Crippen LogP contribution in [-0.2, 0) is 9.53 Å². The molecule has 118 valence electrons. The second-order valence-corrected chi connectivity index (χ2v) is 6.47. The van der Waals surface area contributed by atoms with Gasteiger partial charge in [-0.05, 0) is 39.4 Å². The summed E-state index contributed by atoms with van der Waals surface area (Å²) in [5.74, 6) is -0.135. The van der Waals surface area contributed by atoms with E-state index in [9.17, 15) is 9.59 Å². The summed E-state index contributed by atoms with van der Waals surface area (Å²) < 4.78 is 11.2. The summed E-state index contributed by atoms with van der Waals surface area (Å²) in [6, 6.07) is 3.27. The second kappa shape index (κ2) is 4.95. The first-order valence-corrected chi connectivity index (χ1v) is 7.25. The molecular weight excluding hydrogens is 286 g/mol. The molecule has 0 saturated carbocycles. The number of hydrogen-bond donors (Lipinski definition) is 1. The van der Waals surface area contributed by atoms with Crippen molar-refractivity contribution in [3.63, 3.8) is 0 Å². The normalized spacial score (nSPS) is 24.1. The fourth-order valence-electron chi connectivity index (χ4n) is 2.60. The molecule has 1 aromatic heterocycles. The van der Waals surface area contributed by atoms with Gasteiger partial charge in [0.05, 0.1) is 0 Å². The standard InChI is InChI=1S/C15H19N3O4/c1-14(2,3)22-13(20)18-10-5-4-7-17-11(10)21-15(12(18)19)6-8-16-9-15/h4-5,7,16H,6,8-9H2,1-3H3. The highest BCUT2D eigenvalue weighted by Crippen LogP contribution is 2.39. The van der Waals surface area contributed by atoms with E-state index in [4.69, 9.17) is 9.47 Å². The van der Waals surface area contributed by atoms with E-state index >= 15 is 0 Å². The van der Waals surface area contributed by atoms with Crippen LogP contribution in [0, 0.1) is 0 Å². The number of pyridine rings is 1. The van der Waals surface area contributed by atoms with Crippen molar-refractivity contribution in [1.29, 1.82) is 0 Å². The Balaban J connectivity index is 2.02. The summed E-state index contributed by atoms with van der Waals surface area (Å²) in [7, 11) is 0. The lowest BCUT2D eigenvalue weighted by Crippen LogP contribution is -2.59. The summed E-state index contributed by atoms with van der Waals surface area (Å²) in [6.45, 7) is 6.27. The molecule has 1 saturated heterocycles. The smallest absolute Gasteiger partial charge is 0.422 e. The molecule has 1 unspecified atom stereocenters. The Morgan fingerprint density at radius 1 is 1.50 bits per heavy atom. The Hall–Kier alpha value is -2.15. The van der Waals surface area contributed by atoms with Gasteiger partial charge in [0.15, 0.2) is 0 Å². The van der Waals surface area contributed by atoms with Crippen LogP contribution in [0.15, 0.2) is 18.3 Å². The molecular formula is C15H19N3O4. The van der Waals surface area contributed by atoms with Gasteiger partial charge in [-0.1, -0.05) is 0 Å². The van der Waals surface area contributed by atoms with Gasteiger partial charge >= 0.3 is 6.09 Å². The predicted octanol–water partition coefficient (Wildman–Crippen LogP) is 1.47. The molecule has 2 amide bonds. The molecule has 1 N–H and O–H groups in total. The van der Waals surface area contributed by atoms with E-state index in [1.54, 1.807) is 39.1 Å². The molecule has 7 heteroatoms. The van der Waals surface area contributed by atoms with Crippen LogP contribution in [0.2, 0.25) is 0 Å². The van der Waals surface area contributed by atoms with Gasteiger partial charge in [0, 0.05) is 19.2 Å². The van der Waals surface area contributed by atoms with Crippen LogP contribution < -0.4 is 15.0 Å². The molecule has 2 aliphatic heterocycles. The molecule has 0 aromatic carbocycles. The molecule has 1 atom stereocenters. The number of aromatic nitrogens is 1. The third-order valence-corrected chi connectivity index (χ3v) is 3.57. The zero-order valence-corrected chi connectivity index (χ0v) is 12.9. The topological polar surface area (TPSA) is 80.8 Å². The summed E-state index contributed by atoms with van der Waals surface area (Å²) in [4.78, 5) is 30.6. The highest BCUT2D eigenvalue weighted by molar-refractivity contribution is 6.17. The van der Waals surface area contributed by atoms with Gasteiger partial charge < -0.3 is 14.8 Å². The number of imide groups is 1. The van der Waals surface area contributed by atoms with Gasteiger partial charge in [-0.15, -0.1) is 0 Å². The largest absolute Gasteiger partial charge is 0.458 e. The molecule has 3 rings (SSSR count). The van der Waals surface area contributed by atoms with Crippen LogP contribution in [-0.4, -0.2) is 41.3 Å². The zero-order valence-electron chi connectivity index (χ0n) is 12.9. The molecule has 3 heterocycles. The van der Waals surface area contributed by atoms with Crippen LogP contribution in [0.1, 0.15) is 27.2 Å². The highest BCUT2D eigenvalue weighted by Gasteiger charge is 2.53. The highest BCUT2D eigenvalue weighted by atomic mass is 16.6. The van der Waals surface area contributed by atoms with Gasteiger partial charge in [0.1, 0.15) is 11.3 Å². The number of carbonyl (C=O) groups is 2. The van der Waals surface area contributed by atoms with E-state index in [0.29, 0.717) is 25.2 Å². The SMILES string of the molecule is CC(C)(C)OC(=O)N1C(=O)C2(CCNC2)Oc2ncccc21. The van der Waals surface area contributed by atoms with E-state index in [2.05, 4.69) is 10.3 Å².